The van der Waals surface area contributed by atoms with Crippen molar-refractivity contribution in [1.82, 2.24) is 9.97 Å². The number of ether oxygens (including phenoxy) is 2. The predicted octanol–water partition coefficient (Wildman–Crippen LogP) is 6.71. The standard InChI is InChI=1S/C33H35FN6O3/c1-4-6-25(41)9-7-22-12-14-40-17-23(22)18-42-29-16-27-30(31(34)32(29)40)33(38-20-37-27)39-24-8-10-28(21(3)15-24)43-26(5-2)11-13-36-19-35/h4-6,8,10-11,13,15-16,19-20,22-23,35H,2,7,9,12,14,17-18H2,1,3H3,(H,37,38,39)/b6-4+,26-11+,35-19?,36-13?/t22?,23-/m0/s1. The van der Waals surface area contributed by atoms with Crippen LogP contribution in [0.3, 0.4) is 0 Å². The highest BCUT2D eigenvalue weighted by molar-refractivity contribution is 5.96. The lowest BCUT2D eigenvalue weighted by Gasteiger charge is -2.37. The third-order valence-corrected chi connectivity index (χ3v) is 7.85. The van der Waals surface area contributed by atoms with Crippen molar-refractivity contribution in [1.29, 1.82) is 5.41 Å². The SMILES string of the molecule is C=C/C(=C\C=NC=N)Oc1ccc(Nc2ncnc3cc4c(c(F)c23)N2CCC(CCC(=O)/C=C/C)[C@H](CO4)C2)cc1C. The number of aryl methyl sites for hydroxylation is 1. The first-order valence-electron chi connectivity index (χ1n) is 14.3. The number of aromatic nitrogens is 2. The molecule has 43 heavy (non-hydrogen) atoms. The molecule has 3 heterocycles. The van der Waals surface area contributed by atoms with Gasteiger partial charge in [0.2, 0.25) is 0 Å². The highest BCUT2D eigenvalue weighted by Gasteiger charge is 2.36. The van der Waals surface area contributed by atoms with Crippen LogP contribution >= 0.6 is 0 Å². The molecule has 1 saturated heterocycles. The zero-order chi connectivity index (χ0) is 30.3. The zero-order valence-electron chi connectivity index (χ0n) is 24.3. The van der Waals surface area contributed by atoms with E-state index in [0.717, 1.165) is 24.7 Å². The van der Waals surface area contributed by atoms with Gasteiger partial charge in [-0.05, 0) is 74.6 Å². The second-order valence-electron chi connectivity index (χ2n) is 10.6. The fraction of sp³-hybridized carbons (Fsp3) is 0.303. The minimum absolute atomic E-state index is 0.138. The van der Waals surface area contributed by atoms with Gasteiger partial charge in [0.05, 0.1) is 17.5 Å². The molecule has 2 aliphatic rings. The van der Waals surface area contributed by atoms with Crippen molar-refractivity contribution in [3.8, 4) is 11.5 Å². The summed E-state index contributed by atoms with van der Waals surface area (Å²) in [4.78, 5) is 26.6. The van der Waals surface area contributed by atoms with Crippen molar-refractivity contribution in [2.24, 2.45) is 16.8 Å². The Morgan fingerprint density at radius 2 is 2.21 bits per heavy atom. The van der Waals surface area contributed by atoms with E-state index >= 15 is 4.39 Å². The van der Waals surface area contributed by atoms with Crippen molar-refractivity contribution in [2.75, 3.05) is 29.9 Å². The summed E-state index contributed by atoms with van der Waals surface area (Å²) in [5, 5.41) is 10.5. The summed E-state index contributed by atoms with van der Waals surface area (Å²) in [5.41, 5.74) is 2.43. The molecule has 9 nitrogen and oxygen atoms in total. The fourth-order valence-corrected chi connectivity index (χ4v) is 5.70. The maximum atomic E-state index is 16.4. The number of carbonyl (C=O) groups excluding carboxylic acids is 1. The molecule has 2 N–H and O–H groups in total. The van der Waals surface area contributed by atoms with Gasteiger partial charge in [0.1, 0.15) is 41.4 Å². The summed E-state index contributed by atoms with van der Waals surface area (Å²) < 4.78 is 28.5. The minimum Gasteiger partial charge on any atom is -0.491 e. The summed E-state index contributed by atoms with van der Waals surface area (Å²) in [6.07, 6.45) is 12.6. The van der Waals surface area contributed by atoms with Crippen LogP contribution in [0.4, 0.5) is 21.6 Å². The molecule has 0 radical (unpaired) electrons. The molecule has 1 unspecified atom stereocenters. The lowest BCUT2D eigenvalue weighted by Crippen LogP contribution is -2.41. The van der Waals surface area contributed by atoms with E-state index in [4.69, 9.17) is 14.9 Å². The molecule has 2 aromatic carbocycles. The number of piperidine rings is 1. The van der Waals surface area contributed by atoms with Crippen molar-refractivity contribution in [3.63, 3.8) is 0 Å². The number of aliphatic imine (C=N–C) groups is 1. The summed E-state index contributed by atoms with van der Waals surface area (Å²) >= 11 is 0. The number of nitrogens with one attached hydrogen (secondary N) is 2. The van der Waals surface area contributed by atoms with Crippen LogP contribution < -0.4 is 19.7 Å². The van der Waals surface area contributed by atoms with E-state index in [2.05, 4.69) is 31.8 Å². The number of halogens is 1. The second kappa shape index (κ2) is 13.4. The first-order chi connectivity index (χ1) is 20.9. The summed E-state index contributed by atoms with van der Waals surface area (Å²) in [6, 6.07) is 7.30. The molecule has 0 aliphatic carbocycles. The smallest absolute Gasteiger partial charge is 0.163 e. The van der Waals surface area contributed by atoms with Gasteiger partial charge in [-0.3, -0.25) is 10.2 Å². The molecule has 2 atom stereocenters. The second-order valence-corrected chi connectivity index (χ2v) is 10.6. The topological polar surface area (TPSA) is 113 Å². The highest BCUT2D eigenvalue weighted by Crippen LogP contribution is 2.44. The molecule has 10 heteroatoms. The van der Waals surface area contributed by atoms with Gasteiger partial charge in [-0.1, -0.05) is 12.7 Å². The number of anilines is 3. The number of fused-ring (bicyclic) bond motifs is 5. The Hall–Kier alpha value is -4.86. The molecular formula is C33H35FN6O3. The predicted molar refractivity (Wildman–Crippen MR) is 169 cm³/mol. The Labute approximate surface area is 250 Å². The van der Waals surface area contributed by atoms with Crippen molar-refractivity contribution in [3.05, 3.63) is 78.6 Å². The minimum atomic E-state index is -0.415. The van der Waals surface area contributed by atoms with Gasteiger partial charge in [0.15, 0.2) is 11.6 Å². The van der Waals surface area contributed by atoms with Gasteiger partial charge < -0.3 is 19.7 Å². The van der Waals surface area contributed by atoms with Gasteiger partial charge in [-0.25, -0.2) is 19.4 Å². The van der Waals surface area contributed by atoms with Crippen molar-refractivity contribution in [2.45, 2.75) is 33.1 Å². The van der Waals surface area contributed by atoms with Crippen molar-refractivity contribution < 1.29 is 18.7 Å². The Balaban J connectivity index is 1.38. The van der Waals surface area contributed by atoms with Crippen LogP contribution in [0.2, 0.25) is 0 Å². The molecule has 1 aromatic heterocycles. The first kappa shape index (κ1) is 29.6. The number of carbonyl (C=O) groups is 1. The Kier molecular flexibility index (Phi) is 9.24. The number of hydrogen-bond acceptors (Lipinski definition) is 8. The van der Waals surface area contributed by atoms with E-state index in [0.29, 0.717) is 77.4 Å². The average molecular weight is 583 g/mol. The monoisotopic (exact) mass is 582 g/mol. The third kappa shape index (κ3) is 6.63. The Bertz CT molecular complexity index is 1630. The number of benzene rings is 2. The third-order valence-electron chi connectivity index (χ3n) is 7.85. The van der Waals surface area contributed by atoms with Crippen molar-refractivity contribution >= 4 is 46.4 Å². The lowest BCUT2D eigenvalue weighted by atomic mass is 9.82. The van der Waals surface area contributed by atoms with Crippen LogP contribution in [-0.2, 0) is 4.79 Å². The lowest BCUT2D eigenvalue weighted by molar-refractivity contribution is -0.115. The molecule has 5 rings (SSSR count). The maximum Gasteiger partial charge on any atom is 0.163 e. The van der Waals surface area contributed by atoms with Crippen LogP contribution in [0.5, 0.6) is 11.5 Å². The number of nitrogens with zero attached hydrogens (tertiary/aromatic N) is 4. The molecule has 0 saturated carbocycles. The quantitative estimate of drug-likeness (QED) is 0.0850. The Morgan fingerprint density at radius 1 is 1.35 bits per heavy atom. The van der Waals surface area contributed by atoms with Crippen LogP contribution in [0, 0.1) is 30.0 Å². The molecular weight excluding hydrogens is 547 g/mol. The van der Waals surface area contributed by atoms with E-state index in [1.54, 1.807) is 36.4 Å². The first-order valence-corrected chi connectivity index (χ1v) is 14.3. The normalized spacial score (nSPS) is 18.3. The van der Waals surface area contributed by atoms with E-state index in [-0.39, 0.29) is 11.7 Å². The fourth-order valence-electron chi connectivity index (χ4n) is 5.70. The number of ketones is 1. The Morgan fingerprint density at radius 3 is 2.98 bits per heavy atom. The molecule has 3 aromatic rings. The van der Waals surface area contributed by atoms with Gasteiger partial charge in [-0.15, -0.1) is 0 Å². The zero-order valence-corrected chi connectivity index (χ0v) is 24.3. The van der Waals surface area contributed by atoms with Crippen LogP contribution in [0.1, 0.15) is 31.7 Å². The van der Waals surface area contributed by atoms with E-state index in [1.807, 2.05) is 26.0 Å². The summed E-state index contributed by atoms with van der Waals surface area (Å²) in [6.45, 7) is 9.33. The molecule has 0 spiro atoms. The molecule has 222 valence electrons. The molecule has 0 amide bonds. The number of hydrogen-bond donors (Lipinski definition) is 2. The molecule has 2 aliphatic heterocycles. The van der Waals surface area contributed by atoms with Crippen LogP contribution in [0.25, 0.3) is 10.9 Å². The average Bonchev–Trinajstić information content (AvgIpc) is 3.14. The summed E-state index contributed by atoms with van der Waals surface area (Å²) in [7, 11) is 0. The molecule has 1 fully saturated rings. The largest absolute Gasteiger partial charge is 0.491 e. The van der Waals surface area contributed by atoms with E-state index < -0.39 is 5.82 Å². The highest BCUT2D eigenvalue weighted by atomic mass is 19.1. The number of allylic oxidation sites excluding steroid dienone is 4. The van der Waals surface area contributed by atoms with Gasteiger partial charge >= 0.3 is 0 Å². The number of rotatable bonds is 11. The molecule has 2 bridgehead atoms. The maximum absolute atomic E-state index is 16.4. The van der Waals surface area contributed by atoms with E-state index in [9.17, 15) is 4.79 Å². The van der Waals surface area contributed by atoms with E-state index in [1.165, 1.54) is 12.5 Å². The van der Waals surface area contributed by atoms with Gasteiger partial charge in [0, 0.05) is 43.4 Å². The summed E-state index contributed by atoms with van der Waals surface area (Å²) in [5.74, 6) is 2.20. The van der Waals surface area contributed by atoms with Gasteiger partial charge in [-0.2, -0.15) is 0 Å². The van der Waals surface area contributed by atoms with Crippen LogP contribution in [0.15, 0.2) is 72.2 Å². The van der Waals surface area contributed by atoms with Gasteiger partial charge in [0.25, 0.3) is 0 Å². The van der Waals surface area contributed by atoms with Crippen LogP contribution in [-0.4, -0.2) is 48.0 Å².